The van der Waals surface area contributed by atoms with Gasteiger partial charge in [-0.1, -0.05) is 95.1 Å². The molecule has 2 heterocycles. The number of esters is 1. The molecule has 1 aliphatic heterocycles. The van der Waals surface area contributed by atoms with Crippen molar-refractivity contribution in [1.29, 1.82) is 0 Å². The topological polar surface area (TPSA) is 158 Å². The maximum absolute atomic E-state index is 14.9. The summed E-state index contributed by atoms with van der Waals surface area (Å²) in [4.78, 5) is 75.0. The third-order valence-electron chi connectivity index (χ3n) is 10.9. The number of carboxylic acid groups (broad SMARTS) is 1. The first kappa shape index (κ1) is 44.1. The largest absolute Gasteiger partial charge is 0.481 e. The molecule has 1 fully saturated rings. The number of ether oxygens (including phenoxy) is 1. The van der Waals surface area contributed by atoms with Crippen LogP contribution in [0.1, 0.15) is 117 Å². The number of likely N-dealkylation sites (N-methyl/N-ethyl adjacent to an activating group) is 1. The first-order valence-electron chi connectivity index (χ1n) is 19.8. The number of aliphatic carboxylic acids is 1. The molecule has 1 aliphatic rings. The van der Waals surface area contributed by atoms with Crippen molar-refractivity contribution in [1.82, 2.24) is 25.4 Å². The number of aryl methyl sites for hydroxylation is 1. The lowest BCUT2D eigenvalue weighted by Crippen LogP contribution is -2.58. The van der Waals surface area contributed by atoms with Crippen molar-refractivity contribution in [3.05, 3.63) is 87.4 Å². The minimum atomic E-state index is -0.970. The molecule has 1 aromatic heterocycles. The number of piperidine rings is 1. The fourth-order valence-corrected chi connectivity index (χ4v) is 8.22. The van der Waals surface area contributed by atoms with Crippen molar-refractivity contribution in [2.75, 3.05) is 20.1 Å². The van der Waals surface area contributed by atoms with Gasteiger partial charge in [-0.25, -0.2) is 4.98 Å². The average molecular weight is 790 g/mol. The summed E-state index contributed by atoms with van der Waals surface area (Å²) >= 11 is 1.18. The number of aromatic nitrogens is 1. The fraction of sp³-hybridized carbons (Fsp3) is 0.535. The number of carboxylic acids is 1. The van der Waals surface area contributed by atoms with Gasteiger partial charge >= 0.3 is 11.9 Å². The standard InChI is InChI=1S/C43H59N5O7S/c1-8-28(4)38(46-40(51)35-20-14-15-23-47(35)7)42(52)48(25-31-17-10-9-11-18-31)36(27(2)3)24-37(55-30(6)49)41-45-34(26-56-41)39(50)44-22-21-33(43(53)54)32-19-13-12-16-29(32)5/h9-13,16-19,26-28,33,35-38H,8,14-15,20-25H2,1-7H3,(H,44,50)(H,46,51)(H,53,54)/t28?,33-,35?,36-,37-,38?/m1/s1. The minimum Gasteiger partial charge on any atom is -0.481 e. The van der Waals surface area contributed by atoms with Crippen LogP contribution >= 0.6 is 11.3 Å². The molecule has 1 saturated heterocycles. The maximum Gasteiger partial charge on any atom is 0.311 e. The first-order chi connectivity index (χ1) is 26.7. The van der Waals surface area contributed by atoms with Gasteiger partial charge in [0.1, 0.15) is 16.7 Å². The molecule has 3 unspecified atom stereocenters. The Labute approximate surface area is 335 Å². The van der Waals surface area contributed by atoms with Gasteiger partial charge in [0, 0.05) is 37.9 Å². The van der Waals surface area contributed by atoms with Crippen molar-refractivity contribution < 1.29 is 33.8 Å². The number of amides is 3. The average Bonchev–Trinajstić information content (AvgIpc) is 3.67. The van der Waals surface area contributed by atoms with Gasteiger partial charge < -0.3 is 25.4 Å². The van der Waals surface area contributed by atoms with Gasteiger partial charge in [0.2, 0.25) is 11.8 Å². The van der Waals surface area contributed by atoms with Crippen LogP contribution in [0.5, 0.6) is 0 Å². The van der Waals surface area contributed by atoms with E-state index < -0.39 is 42.0 Å². The van der Waals surface area contributed by atoms with E-state index in [1.54, 1.807) is 17.5 Å². The Morgan fingerprint density at radius 2 is 1.73 bits per heavy atom. The molecule has 2 aromatic carbocycles. The lowest BCUT2D eigenvalue weighted by molar-refractivity contribution is -0.150. The molecule has 3 aromatic rings. The van der Waals surface area contributed by atoms with Crippen LogP contribution in [-0.2, 0) is 30.5 Å². The van der Waals surface area contributed by atoms with Crippen molar-refractivity contribution in [3.8, 4) is 0 Å². The first-order valence-corrected chi connectivity index (χ1v) is 20.6. The molecule has 0 saturated carbocycles. The summed E-state index contributed by atoms with van der Waals surface area (Å²) in [5, 5.41) is 17.8. The molecule has 6 atom stereocenters. The SMILES string of the molecule is CCC(C)C(NC(=O)C1CCCCN1C)C(=O)N(Cc1ccccc1)[C@H](C[C@@H](OC(C)=O)c1nc(C(=O)NCC[C@@H](C(=O)O)c2ccccc2C)cs1)C(C)C. The number of likely N-dealkylation sites (tertiary alicyclic amines) is 1. The number of nitrogens with zero attached hydrogens (tertiary/aromatic N) is 3. The normalized spacial score (nSPS) is 17.2. The molecule has 4 rings (SSSR count). The number of carbonyl (C=O) groups is 5. The van der Waals surface area contributed by atoms with Crippen molar-refractivity contribution >= 4 is 41.0 Å². The van der Waals surface area contributed by atoms with E-state index in [-0.39, 0.29) is 61.3 Å². The number of thiazole rings is 1. The van der Waals surface area contributed by atoms with E-state index in [0.717, 1.165) is 36.9 Å². The lowest BCUT2D eigenvalue weighted by atomic mass is 9.91. The summed E-state index contributed by atoms with van der Waals surface area (Å²) in [5.74, 6) is -3.37. The Bertz CT molecular complexity index is 1780. The summed E-state index contributed by atoms with van der Waals surface area (Å²) in [6, 6.07) is 15.4. The summed E-state index contributed by atoms with van der Waals surface area (Å²) < 4.78 is 5.87. The third kappa shape index (κ3) is 11.9. The molecule has 3 N–H and O–H groups in total. The van der Waals surface area contributed by atoms with Crippen LogP contribution in [0, 0.1) is 18.8 Å². The highest BCUT2D eigenvalue weighted by molar-refractivity contribution is 7.09. The quantitative estimate of drug-likeness (QED) is 0.115. The van der Waals surface area contributed by atoms with Crippen LogP contribution in [0.4, 0.5) is 0 Å². The number of carbonyl (C=O) groups excluding carboxylic acids is 4. The highest BCUT2D eigenvalue weighted by Crippen LogP contribution is 2.32. The van der Waals surface area contributed by atoms with Crippen molar-refractivity contribution in [2.24, 2.45) is 11.8 Å². The molecule has 12 nitrogen and oxygen atoms in total. The third-order valence-corrected chi connectivity index (χ3v) is 11.8. The molecule has 304 valence electrons. The van der Waals surface area contributed by atoms with Gasteiger partial charge in [0.25, 0.3) is 5.91 Å². The zero-order chi connectivity index (χ0) is 40.9. The van der Waals surface area contributed by atoms with E-state index in [1.807, 2.05) is 89.0 Å². The van der Waals surface area contributed by atoms with Gasteiger partial charge in [-0.3, -0.25) is 28.9 Å². The summed E-state index contributed by atoms with van der Waals surface area (Å²) in [5.41, 5.74) is 2.60. The molecule has 13 heteroatoms. The second-order valence-electron chi connectivity index (χ2n) is 15.3. The van der Waals surface area contributed by atoms with Crippen LogP contribution in [0.3, 0.4) is 0 Å². The van der Waals surface area contributed by atoms with Crippen LogP contribution in [0.25, 0.3) is 0 Å². The van der Waals surface area contributed by atoms with E-state index in [2.05, 4.69) is 20.5 Å². The number of benzene rings is 2. The summed E-state index contributed by atoms with van der Waals surface area (Å²) in [6.07, 6.45) is 2.92. The van der Waals surface area contributed by atoms with E-state index in [4.69, 9.17) is 4.74 Å². The molecule has 0 radical (unpaired) electrons. The molecule has 0 aliphatic carbocycles. The Hall–Kier alpha value is -4.62. The molecule has 3 amide bonds. The van der Waals surface area contributed by atoms with E-state index in [1.165, 1.54) is 18.3 Å². The van der Waals surface area contributed by atoms with E-state index in [0.29, 0.717) is 17.0 Å². The van der Waals surface area contributed by atoms with Gasteiger partial charge in [0.15, 0.2) is 6.10 Å². The van der Waals surface area contributed by atoms with Gasteiger partial charge in [0.05, 0.1) is 12.0 Å². The van der Waals surface area contributed by atoms with Crippen molar-refractivity contribution in [3.63, 3.8) is 0 Å². The van der Waals surface area contributed by atoms with Gasteiger partial charge in [-0.15, -0.1) is 11.3 Å². The number of hydrogen-bond acceptors (Lipinski definition) is 9. The number of nitrogens with one attached hydrogen (secondary N) is 2. The van der Waals surface area contributed by atoms with E-state index in [9.17, 15) is 29.1 Å². The van der Waals surface area contributed by atoms with Crippen LogP contribution in [-0.4, -0.2) is 87.8 Å². The molecular weight excluding hydrogens is 731 g/mol. The Morgan fingerprint density at radius 1 is 1.04 bits per heavy atom. The molecular formula is C43H59N5O7S. The minimum absolute atomic E-state index is 0.100. The maximum atomic E-state index is 14.9. The molecule has 0 spiro atoms. The Morgan fingerprint density at radius 3 is 2.36 bits per heavy atom. The Kier molecular flexibility index (Phi) is 16.6. The second-order valence-corrected chi connectivity index (χ2v) is 16.2. The van der Waals surface area contributed by atoms with Crippen molar-refractivity contribution in [2.45, 2.75) is 117 Å². The number of rotatable bonds is 19. The highest BCUT2D eigenvalue weighted by atomic mass is 32.1. The molecule has 0 bridgehead atoms. The summed E-state index contributed by atoms with van der Waals surface area (Å²) in [7, 11) is 1.95. The Balaban J connectivity index is 1.59. The van der Waals surface area contributed by atoms with Crippen LogP contribution < -0.4 is 10.6 Å². The van der Waals surface area contributed by atoms with E-state index >= 15 is 0 Å². The zero-order valence-electron chi connectivity index (χ0n) is 33.8. The van der Waals surface area contributed by atoms with Crippen LogP contribution in [0.15, 0.2) is 60.0 Å². The fourth-order valence-electron chi connectivity index (χ4n) is 7.38. The lowest BCUT2D eigenvalue weighted by Gasteiger charge is -2.40. The molecule has 56 heavy (non-hydrogen) atoms. The second kappa shape index (κ2) is 21.1. The highest BCUT2D eigenvalue weighted by Gasteiger charge is 2.39. The van der Waals surface area contributed by atoms with Crippen LogP contribution in [0.2, 0.25) is 0 Å². The smallest absolute Gasteiger partial charge is 0.311 e. The summed E-state index contributed by atoms with van der Waals surface area (Å²) in [6.45, 7) is 12.4. The predicted molar refractivity (Wildman–Crippen MR) is 217 cm³/mol. The number of hydrogen-bond donors (Lipinski definition) is 3. The zero-order valence-corrected chi connectivity index (χ0v) is 34.6. The van der Waals surface area contributed by atoms with Gasteiger partial charge in [-0.2, -0.15) is 0 Å². The monoisotopic (exact) mass is 789 g/mol. The van der Waals surface area contributed by atoms with Gasteiger partial charge in [-0.05, 0) is 68.3 Å². The predicted octanol–water partition coefficient (Wildman–Crippen LogP) is 6.50.